The Bertz CT molecular complexity index is 1570. The Morgan fingerprint density at radius 2 is 1.58 bits per heavy atom. The van der Waals surface area contributed by atoms with Crippen LogP contribution in [0.1, 0.15) is 146 Å². The van der Waals surface area contributed by atoms with E-state index in [1.54, 1.807) is 17.5 Å². The standard InChI is InChI=1S/C40H63FN5O6P/c1-4-5-6-7-8-9-10-11-12-13-14-15-16-17-18-19-20-37(50-29-34-25-33(28-42)26-35(41)27-34)30-51-53(47,48)52-31-40(2,49-3)24-23-36-21-22-38-39(43)44-32-45-46(36)38/h21-22,25-27,32,37H,4-20,23-24,29-31H2,1-3H3,(H,47,48)(H2,43,44,45)/t37-,40-/m0/s1. The molecule has 1 unspecified atom stereocenters. The van der Waals surface area contributed by atoms with E-state index in [0.717, 1.165) is 25.0 Å². The highest BCUT2D eigenvalue weighted by molar-refractivity contribution is 7.47. The van der Waals surface area contributed by atoms with Gasteiger partial charge in [0, 0.05) is 12.8 Å². The summed E-state index contributed by atoms with van der Waals surface area (Å²) < 4.78 is 51.4. The van der Waals surface area contributed by atoms with Crippen LogP contribution in [0.25, 0.3) is 5.52 Å². The molecule has 0 saturated carbocycles. The Morgan fingerprint density at radius 3 is 2.19 bits per heavy atom. The smallest absolute Gasteiger partial charge is 0.382 e. The normalized spacial score (nSPS) is 14.6. The molecule has 0 bridgehead atoms. The number of methoxy groups -OCH3 is 1. The Labute approximate surface area is 316 Å². The number of phosphoric ester groups is 1. The largest absolute Gasteiger partial charge is 0.472 e. The van der Waals surface area contributed by atoms with E-state index in [-0.39, 0.29) is 25.4 Å². The van der Waals surface area contributed by atoms with Crippen LogP contribution in [0.2, 0.25) is 0 Å². The molecular formula is C40H63FN5O6P. The summed E-state index contributed by atoms with van der Waals surface area (Å²) in [4.78, 5) is 14.6. The molecule has 2 heterocycles. The number of halogens is 1. The number of unbranched alkanes of at least 4 members (excludes halogenated alkanes) is 15. The molecule has 296 valence electrons. The zero-order chi connectivity index (χ0) is 38.4. The number of hydrogen-bond donors (Lipinski definition) is 2. The highest BCUT2D eigenvalue weighted by Crippen LogP contribution is 2.45. The van der Waals surface area contributed by atoms with Crippen molar-refractivity contribution in [3.8, 4) is 6.07 Å². The molecule has 3 atom stereocenters. The lowest BCUT2D eigenvalue weighted by molar-refractivity contribution is -0.0495. The van der Waals surface area contributed by atoms with Crippen LogP contribution in [0.3, 0.4) is 0 Å². The van der Waals surface area contributed by atoms with Gasteiger partial charge in [0.05, 0.1) is 43.2 Å². The summed E-state index contributed by atoms with van der Waals surface area (Å²) in [5, 5.41) is 13.5. The molecule has 3 aromatic rings. The quantitative estimate of drug-likeness (QED) is 0.0496. The Kier molecular flexibility index (Phi) is 20.6. The molecular weight excluding hydrogens is 696 g/mol. The lowest BCUT2D eigenvalue weighted by Crippen LogP contribution is -2.34. The van der Waals surface area contributed by atoms with E-state index in [4.69, 9.17) is 24.3 Å². The molecule has 0 spiro atoms. The molecule has 13 heteroatoms. The average Bonchev–Trinajstić information content (AvgIpc) is 3.58. The molecule has 0 aliphatic carbocycles. The molecule has 0 aliphatic heterocycles. The maximum absolute atomic E-state index is 14.0. The van der Waals surface area contributed by atoms with E-state index in [1.807, 2.05) is 18.2 Å². The van der Waals surface area contributed by atoms with Crippen LogP contribution in [-0.4, -0.2) is 51.5 Å². The summed E-state index contributed by atoms with van der Waals surface area (Å²) in [6.45, 7) is 3.71. The van der Waals surface area contributed by atoms with Crippen LogP contribution >= 0.6 is 7.82 Å². The first-order valence-electron chi connectivity index (χ1n) is 19.6. The predicted molar refractivity (Wildman–Crippen MR) is 207 cm³/mol. The zero-order valence-corrected chi connectivity index (χ0v) is 33.2. The number of rotatable bonds is 30. The van der Waals surface area contributed by atoms with Crippen molar-refractivity contribution >= 4 is 19.2 Å². The second-order valence-electron chi connectivity index (χ2n) is 14.4. The van der Waals surface area contributed by atoms with Gasteiger partial charge in [-0.05, 0) is 62.1 Å². The number of fused-ring (bicyclic) bond motifs is 1. The van der Waals surface area contributed by atoms with E-state index in [0.29, 0.717) is 36.2 Å². The van der Waals surface area contributed by atoms with Crippen molar-refractivity contribution in [2.24, 2.45) is 0 Å². The number of ether oxygens (including phenoxy) is 2. The first-order chi connectivity index (χ1) is 25.6. The van der Waals surface area contributed by atoms with Crippen LogP contribution in [0, 0.1) is 17.1 Å². The number of nitrogens with two attached hydrogens (primary N) is 1. The summed E-state index contributed by atoms with van der Waals surface area (Å²) in [7, 11) is -2.96. The van der Waals surface area contributed by atoms with Crippen LogP contribution < -0.4 is 5.73 Å². The molecule has 3 N–H and O–H groups in total. The van der Waals surface area contributed by atoms with Crippen molar-refractivity contribution in [2.45, 2.75) is 154 Å². The van der Waals surface area contributed by atoms with Gasteiger partial charge in [0.1, 0.15) is 17.7 Å². The third-order valence-electron chi connectivity index (χ3n) is 9.87. The van der Waals surface area contributed by atoms with Gasteiger partial charge in [-0.15, -0.1) is 0 Å². The summed E-state index contributed by atoms with van der Waals surface area (Å²) in [6, 6.07) is 9.76. The number of nitrogen functional groups attached to an aromatic ring is 1. The number of phosphoric acid groups is 1. The van der Waals surface area contributed by atoms with Gasteiger partial charge in [-0.25, -0.2) is 18.5 Å². The minimum atomic E-state index is -4.48. The molecule has 11 nitrogen and oxygen atoms in total. The molecule has 0 saturated heterocycles. The monoisotopic (exact) mass is 759 g/mol. The van der Waals surface area contributed by atoms with Crippen LogP contribution in [0.5, 0.6) is 0 Å². The van der Waals surface area contributed by atoms with Crippen molar-refractivity contribution in [3.63, 3.8) is 0 Å². The third kappa shape index (κ3) is 17.4. The summed E-state index contributed by atoms with van der Waals surface area (Å²) >= 11 is 0. The van der Waals surface area contributed by atoms with Gasteiger partial charge in [-0.1, -0.05) is 110 Å². The molecule has 3 rings (SSSR count). The fraction of sp³-hybridized carbons (Fsp3) is 0.675. The minimum absolute atomic E-state index is 0.0304. The number of anilines is 1. The molecule has 53 heavy (non-hydrogen) atoms. The Hall–Kier alpha value is -2.91. The van der Waals surface area contributed by atoms with Gasteiger partial charge in [-0.2, -0.15) is 10.4 Å². The number of nitriles is 1. The number of aryl methyl sites for hydroxylation is 1. The number of benzene rings is 1. The SMILES string of the molecule is CCCCCCCCCCCCCCCCCC[C@@H](COP(=O)(O)OC[C@](C)(CCc1ccc2c(N)ncnn12)OC)OCc1cc(F)cc(C#N)c1. The van der Waals surface area contributed by atoms with E-state index in [9.17, 15) is 19.1 Å². The third-order valence-corrected chi connectivity index (χ3v) is 10.8. The van der Waals surface area contributed by atoms with Crippen molar-refractivity contribution in [1.82, 2.24) is 14.6 Å². The summed E-state index contributed by atoms with van der Waals surface area (Å²) in [5.41, 5.74) is 7.34. The topological polar surface area (TPSA) is 154 Å². The Morgan fingerprint density at radius 1 is 0.962 bits per heavy atom. The fourth-order valence-corrected chi connectivity index (χ4v) is 7.27. The molecule has 0 amide bonds. The van der Waals surface area contributed by atoms with Crippen molar-refractivity contribution in [3.05, 3.63) is 59.3 Å². The summed E-state index contributed by atoms with van der Waals surface area (Å²) in [5.74, 6) is -0.146. The fourth-order valence-electron chi connectivity index (χ4n) is 6.40. The van der Waals surface area contributed by atoms with Crippen molar-refractivity contribution < 1.29 is 32.4 Å². The van der Waals surface area contributed by atoms with E-state index in [1.165, 1.54) is 109 Å². The summed E-state index contributed by atoms with van der Waals surface area (Å²) in [6.07, 6.45) is 22.6. The lowest BCUT2D eigenvalue weighted by Gasteiger charge is -2.29. The van der Waals surface area contributed by atoms with Gasteiger partial charge >= 0.3 is 7.82 Å². The average molecular weight is 760 g/mol. The molecule has 1 aromatic carbocycles. The first-order valence-corrected chi connectivity index (χ1v) is 21.1. The van der Waals surface area contributed by atoms with E-state index in [2.05, 4.69) is 17.0 Å². The first kappa shape index (κ1) is 44.5. The highest BCUT2D eigenvalue weighted by Gasteiger charge is 2.31. The number of aromatic nitrogens is 3. The Balaban J connectivity index is 1.41. The van der Waals surface area contributed by atoms with Gasteiger partial charge in [0.25, 0.3) is 0 Å². The van der Waals surface area contributed by atoms with Gasteiger partial charge in [0.15, 0.2) is 5.82 Å². The zero-order valence-electron chi connectivity index (χ0n) is 32.3. The molecule has 0 aliphatic rings. The van der Waals surface area contributed by atoms with Crippen molar-refractivity contribution in [1.29, 1.82) is 5.26 Å². The van der Waals surface area contributed by atoms with Gasteiger partial charge in [0.2, 0.25) is 0 Å². The van der Waals surface area contributed by atoms with Crippen LogP contribution in [0.4, 0.5) is 10.2 Å². The van der Waals surface area contributed by atoms with Gasteiger partial charge < -0.3 is 20.1 Å². The second-order valence-corrected chi connectivity index (χ2v) is 15.9. The second kappa shape index (κ2) is 24.5. The van der Waals surface area contributed by atoms with E-state index < -0.39 is 25.3 Å². The van der Waals surface area contributed by atoms with Crippen molar-refractivity contribution in [2.75, 3.05) is 26.1 Å². The molecule has 0 fully saturated rings. The number of hydrogen-bond acceptors (Lipinski definition) is 9. The van der Waals surface area contributed by atoms with Crippen LogP contribution in [0.15, 0.2) is 36.7 Å². The number of nitrogens with zero attached hydrogens (tertiary/aromatic N) is 4. The molecule has 2 aromatic heterocycles. The maximum Gasteiger partial charge on any atom is 0.472 e. The predicted octanol–water partition coefficient (Wildman–Crippen LogP) is 10.0. The molecule has 0 radical (unpaired) electrons. The lowest BCUT2D eigenvalue weighted by atomic mass is 10.00. The van der Waals surface area contributed by atoms with Gasteiger partial charge in [-0.3, -0.25) is 9.05 Å². The minimum Gasteiger partial charge on any atom is -0.382 e. The maximum atomic E-state index is 14.0. The van der Waals surface area contributed by atoms with Crippen LogP contribution in [-0.2, 0) is 36.1 Å². The van der Waals surface area contributed by atoms with E-state index >= 15 is 0 Å². The highest BCUT2D eigenvalue weighted by atomic mass is 31.2.